The second-order valence-corrected chi connectivity index (χ2v) is 2.32. The van der Waals surface area contributed by atoms with E-state index in [1.165, 1.54) is 16.3 Å². The van der Waals surface area contributed by atoms with Gasteiger partial charge in [-0.15, -0.1) is 6.58 Å². The minimum absolute atomic E-state index is 0.873. The SMILES string of the molecule is C=CCNC=CC[SiH3]. The van der Waals surface area contributed by atoms with Crippen molar-refractivity contribution in [3.05, 3.63) is 24.9 Å². The fourth-order valence-corrected chi connectivity index (χ4v) is 0.588. The third-order valence-corrected chi connectivity index (χ3v) is 1.20. The van der Waals surface area contributed by atoms with Gasteiger partial charge in [0.05, 0.1) is 0 Å². The fraction of sp³-hybridized carbons (Fsp3) is 0.333. The van der Waals surface area contributed by atoms with Gasteiger partial charge in [-0.25, -0.2) is 0 Å². The van der Waals surface area contributed by atoms with Crippen molar-refractivity contribution in [1.29, 1.82) is 0 Å². The molecule has 1 N–H and O–H groups in total. The smallest absolute Gasteiger partial charge is 0.0322 e. The van der Waals surface area contributed by atoms with Crippen LogP contribution in [-0.4, -0.2) is 16.8 Å². The van der Waals surface area contributed by atoms with Crippen LogP contribution in [0.25, 0.3) is 0 Å². The normalized spacial score (nSPS) is 10.0. The highest BCUT2D eigenvalue weighted by Crippen LogP contribution is 1.71. The molecule has 0 amide bonds. The second-order valence-electron chi connectivity index (χ2n) is 1.51. The first-order valence-electron chi connectivity index (χ1n) is 2.91. The van der Waals surface area contributed by atoms with E-state index in [1.54, 1.807) is 0 Å². The molecule has 0 aliphatic carbocycles. The maximum Gasteiger partial charge on any atom is 0.0322 e. The maximum absolute atomic E-state index is 3.57. The van der Waals surface area contributed by atoms with Crippen LogP contribution >= 0.6 is 0 Å². The van der Waals surface area contributed by atoms with Crippen LogP contribution < -0.4 is 5.32 Å². The third kappa shape index (κ3) is 5.50. The second kappa shape index (κ2) is 6.50. The van der Waals surface area contributed by atoms with Crippen LogP contribution in [0.2, 0.25) is 6.04 Å². The molecule has 2 heteroatoms. The van der Waals surface area contributed by atoms with E-state index in [-0.39, 0.29) is 0 Å². The van der Waals surface area contributed by atoms with Crippen molar-refractivity contribution in [3.63, 3.8) is 0 Å². The lowest BCUT2D eigenvalue weighted by atomic mass is 10.6. The molecule has 0 aliphatic heterocycles. The average molecular weight is 127 g/mol. The highest BCUT2D eigenvalue weighted by atomic mass is 28.1. The molecule has 0 saturated heterocycles. The van der Waals surface area contributed by atoms with E-state index >= 15 is 0 Å². The Morgan fingerprint density at radius 1 is 1.62 bits per heavy atom. The lowest BCUT2D eigenvalue weighted by Gasteiger charge is -1.89. The van der Waals surface area contributed by atoms with Crippen LogP contribution in [0.3, 0.4) is 0 Å². The first kappa shape index (κ1) is 7.50. The van der Waals surface area contributed by atoms with Gasteiger partial charge in [-0.05, 0) is 12.2 Å². The van der Waals surface area contributed by atoms with Gasteiger partial charge in [-0.3, -0.25) is 0 Å². The van der Waals surface area contributed by atoms with Crippen LogP contribution in [-0.2, 0) is 0 Å². The summed E-state index contributed by atoms with van der Waals surface area (Å²) in [5.74, 6) is 0. The molecule has 0 spiro atoms. The molecule has 0 bridgehead atoms. The van der Waals surface area contributed by atoms with Gasteiger partial charge in [-0.2, -0.15) is 0 Å². The van der Waals surface area contributed by atoms with Crippen LogP contribution in [0.5, 0.6) is 0 Å². The number of rotatable bonds is 4. The van der Waals surface area contributed by atoms with Crippen LogP contribution in [0, 0.1) is 0 Å². The lowest BCUT2D eigenvalue weighted by Crippen LogP contribution is -2.02. The van der Waals surface area contributed by atoms with Crippen molar-refractivity contribution in [1.82, 2.24) is 5.32 Å². The summed E-state index contributed by atoms with van der Waals surface area (Å²) in [6.45, 7) is 4.44. The molecular formula is C6H13NSi. The Morgan fingerprint density at radius 2 is 2.38 bits per heavy atom. The molecule has 0 aromatic heterocycles. The predicted molar refractivity (Wildman–Crippen MR) is 42.1 cm³/mol. The van der Waals surface area contributed by atoms with Gasteiger partial charge >= 0.3 is 0 Å². The summed E-state index contributed by atoms with van der Waals surface area (Å²) >= 11 is 0. The van der Waals surface area contributed by atoms with Crippen molar-refractivity contribution in [2.45, 2.75) is 6.04 Å². The van der Waals surface area contributed by atoms with E-state index in [0.717, 1.165) is 6.54 Å². The molecule has 0 heterocycles. The summed E-state index contributed by atoms with van der Waals surface area (Å²) in [4.78, 5) is 0. The molecule has 0 saturated carbocycles. The molecule has 0 aromatic carbocycles. The van der Waals surface area contributed by atoms with Gasteiger partial charge in [0.25, 0.3) is 0 Å². The lowest BCUT2D eigenvalue weighted by molar-refractivity contribution is 0.985. The molecule has 8 heavy (non-hydrogen) atoms. The summed E-state index contributed by atoms with van der Waals surface area (Å²) in [6.07, 6.45) is 5.96. The van der Waals surface area contributed by atoms with E-state index in [9.17, 15) is 0 Å². The van der Waals surface area contributed by atoms with E-state index in [1.807, 2.05) is 12.3 Å². The molecule has 0 rings (SSSR count). The van der Waals surface area contributed by atoms with E-state index in [0.29, 0.717) is 0 Å². The molecule has 0 fully saturated rings. The van der Waals surface area contributed by atoms with Crippen LogP contribution in [0.1, 0.15) is 0 Å². The first-order valence-corrected chi connectivity index (χ1v) is 4.32. The number of nitrogens with one attached hydrogen (secondary N) is 1. The van der Waals surface area contributed by atoms with Crippen molar-refractivity contribution in [2.75, 3.05) is 6.54 Å². The van der Waals surface area contributed by atoms with Crippen LogP contribution in [0.15, 0.2) is 24.9 Å². The summed E-state index contributed by atoms with van der Waals surface area (Å²) < 4.78 is 0. The minimum Gasteiger partial charge on any atom is -0.388 e. The summed E-state index contributed by atoms with van der Waals surface area (Å²) in [5, 5.41) is 3.06. The minimum atomic E-state index is 0.873. The molecule has 0 radical (unpaired) electrons. The zero-order valence-corrected chi connectivity index (χ0v) is 7.35. The van der Waals surface area contributed by atoms with Gasteiger partial charge in [0.2, 0.25) is 0 Å². The van der Waals surface area contributed by atoms with E-state index < -0.39 is 0 Å². The van der Waals surface area contributed by atoms with Crippen molar-refractivity contribution < 1.29 is 0 Å². The van der Waals surface area contributed by atoms with Gasteiger partial charge in [0.15, 0.2) is 0 Å². The summed E-state index contributed by atoms with van der Waals surface area (Å²) in [5.41, 5.74) is 0. The predicted octanol–water partition coefficient (Wildman–Crippen LogP) is 0.0594. The Labute approximate surface area is 53.9 Å². The topological polar surface area (TPSA) is 12.0 Å². The summed E-state index contributed by atoms with van der Waals surface area (Å²) in [6, 6.07) is 1.23. The van der Waals surface area contributed by atoms with E-state index in [2.05, 4.69) is 18.0 Å². The molecule has 0 unspecified atom stereocenters. The number of hydrogen-bond acceptors (Lipinski definition) is 1. The van der Waals surface area contributed by atoms with Crippen molar-refractivity contribution in [3.8, 4) is 0 Å². The van der Waals surface area contributed by atoms with E-state index in [4.69, 9.17) is 0 Å². The first-order chi connectivity index (χ1) is 3.91. The van der Waals surface area contributed by atoms with Gasteiger partial charge in [-0.1, -0.05) is 12.2 Å². The summed E-state index contributed by atoms with van der Waals surface area (Å²) in [7, 11) is 1.25. The highest BCUT2D eigenvalue weighted by molar-refractivity contribution is 6.09. The monoisotopic (exact) mass is 127 g/mol. The van der Waals surface area contributed by atoms with Crippen molar-refractivity contribution >= 4 is 10.2 Å². The van der Waals surface area contributed by atoms with Gasteiger partial charge < -0.3 is 5.32 Å². The van der Waals surface area contributed by atoms with Crippen LogP contribution in [0.4, 0.5) is 0 Å². The molecule has 0 aliphatic rings. The Balaban J connectivity index is 2.90. The highest BCUT2D eigenvalue weighted by Gasteiger charge is 1.66. The van der Waals surface area contributed by atoms with Crippen molar-refractivity contribution in [2.24, 2.45) is 0 Å². The van der Waals surface area contributed by atoms with Gasteiger partial charge in [0.1, 0.15) is 0 Å². The molecule has 46 valence electrons. The molecular weight excluding hydrogens is 114 g/mol. The average Bonchev–Trinajstić information content (AvgIpc) is 1.81. The molecule has 0 aromatic rings. The zero-order valence-electron chi connectivity index (χ0n) is 5.35. The molecule has 0 atom stereocenters. The number of allylic oxidation sites excluding steroid dienone is 1. The zero-order chi connectivity index (χ0) is 6.24. The maximum atomic E-state index is 3.57. The quantitative estimate of drug-likeness (QED) is 0.320. The van der Waals surface area contributed by atoms with Gasteiger partial charge in [0, 0.05) is 16.8 Å². The Hall–Kier alpha value is -0.503. The number of hydrogen-bond donors (Lipinski definition) is 1. The molecule has 1 nitrogen and oxygen atoms in total. The fourth-order valence-electron chi connectivity index (χ4n) is 0.353. The Kier molecular flexibility index (Phi) is 6.09. The Bertz CT molecular complexity index is 78.6. The third-order valence-electron chi connectivity index (χ3n) is 0.734. The standard InChI is InChI=1S/C6H13NSi/c1-2-4-7-5-3-6-8/h2-3,5,7H,1,4,6H2,8H3. The largest absolute Gasteiger partial charge is 0.388 e. The Morgan fingerprint density at radius 3 is 2.88 bits per heavy atom.